The van der Waals surface area contributed by atoms with Crippen LogP contribution in [0.3, 0.4) is 0 Å². The highest BCUT2D eigenvalue weighted by Crippen LogP contribution is 2.32. The molecule has 1 unspecified atom stereocenters. The molecule has 0 saturated carbocycles. The first-order chi connectivity index (χ1) is 22.8. The first kappa shape index (κ1) is 35.4. The number of halogens is 3. The normalized spacial score (nSPS) is 11.7. The summed E-state index contributed by atoms with van der Waals surface area (Å²) in [5, 5.41) is 2.76. The molecule has 0 aliphatic carbocycles. The number of alkyl halides is 3. The molecule has 0 aliphatic heterocycles. The van der Waals surface area contributed by atoms with Crippen molar-refractivity contribution in [3.8, 4) is 11.1 Å². The molecule has 8 nitrogen and oxygen atoms in total. The molecule has 2 amide bonds. The van der Waals surface area contributed by atoms with Crippen LogP contribution in [-0.2, 0) is 31.7 Å². The zero-order chi connectivity index (χ0) is 34.8. The van der Waals surface area contributed by atoms with Gasteiger partial charge in [-0.2, -0.15) is 13.2 Å². The zero-order valence-electron chi connectivity index (χ0n) is 26.7. The second-order valence-corrected chi connectivity index (χ2v) is 11.3. The Hall–Kier alpha value is -5.45. The fourth-order valence-electron chi connectivity index (χ4n) is 5.02. The second-order valence-electron chi connectivity index (χ2n) is 11.3. The maximum Gasteiger partial charge on any atom is 0.416 e. The van der Waals surface area contributed by atoms with E-state index in [0.29, 0.717) is 23.1 Å². The van der Waals surface area contributed by atoms with E-state index in [1.165, 1.54) is 42.2 Å². The van der Waals surface area contributed by atoms with E-state index in [1.807, 2.05) is 30.3 Å². The molecular weight excluding hydrogens is 625 g/mol. The number of ether oxygens (including phenoxy) is 2. The van der Waals surface area contributed by atoms with Crippen molar-refractivity contribution in [3.63, 3.8) is 0 Å². The molecule has 4 rings (SSSR count). The molecule has 4 aromatic carbocycles. The van der Waals surface area contributed by atoms with Gasteiger partial charge in [-0.3, -0.25) is 19.2 Å². The Morgan fingerprint density at radius 1 is 0.812 bits per heavy atom. The summed E-state index contributed by atoms with van der Waals surface area (Å²) in [6, 6.07) is 25.0. The van der Waals surface area contributed by atoms with Crippen LogP contribution in [0.25, 0.3) is 11.1 Å². The van der Waals surface area contributed by atoms with E-state index in [1.54, 1.807) is 38.4 Å². The van der Waals surface area contributed by atoms with E-state index in [0.717, 1.165) is 17.7 Å². The maximum absolute atomic E-state index is 13.5. The second kappa shape index (κ2) is 15.9. The molecule has 0 bridgehead atoms. The van der Waals surface area contributed by atoms with E-state index < -0.39 is 35.5 Å². The molecule has 0 aliphatic rings. The van der Waals surface area contributed by atoms with Gasteiger partial charge in [0.05, 0.1) is 36.4 Å². The number of nitrogens with zero attached hydrogens (tertiary/aromatic N) is 1. The smallest absolute Gasteiger partial charge is 0.416 e. The van der Waals surface area contributed by atoms with Gasteiger partial charge >= 0.3 is 18.1 Å². The minimum Gasteiger partial charge on any atom is -0.466 e. The van der Waals surface area contributed by atoms with Gasteiger partial charge in [0.2, 0.25) is 0 Å². The summed E-state index contributed by atoms with van der Waals surface area (Å²) in [6.45, 7) is 1.55. The third-order valence-corrected chi connectivity index (χ3v) is 7.50. The molecule has 48 heavy (non-hydrogen) atoms. The Morgan fingerprint density at radius 2 is 1.48 bits per heavy atom. The lowest BCUT2D eigenvalue weighted by Gasteiger charge is -2.18. The first-order valence-corrected chi connectivity index (χ1v) is 15.1. The van der Waals surface area contributed by atoms with Gasteiger partial charge in [0.15, 0.2) is 0 Å². The number of carbonyl (C=O) groups is 4. The lowest BCUT2D eigenvalue weighted by atomic mass is 9.97. The van der Waals surface area contributed by atoms with E-state index in [4.69, 9.17) is 9.47 Å². The molecule has 1 N–H and O–H groups in total. The van der Waals surface area contributed by atoms with Gasteiger partial charge in [-0.1, -0.05) is 66.7 Å². The number of carbonyl (C=O) groups excluding carboxylic acids is 4. The van der Waals surface area contributed by atoms with E-state index in [9.17, 15) is 32.3 Å². The largest absolute Gasteiger partial charge is 0.466 e. The van der Waals surface area contributed by atoms with Crippen molar-refractivity contribution >= 4 is 29.4 Å². The van der Waals surface area contributed by atoms with Gasteiger partial charge in [0.1, 0.15) is 0 Å². The Morgan fingerprint density at radius 3 is 2.12 bits per heavy atom. The molecule has 0 heterocycles. The molecule has 250 valence electrons. The van der Waals surface area contributed by atoms with Crippen LogP contribution in [0.15, 0.2) is 97.1 Å². The van der Waals surface area contributed by atoms with Crippen molar-refractivity contribution in [3.05, 3.63) is 125 Å². The molecule has 4 aromatic rings. The molecular formula is C37H35F3N2O6. The highest BCUT2D eigenvalue weighted by molar-refractivity contribution is 6.11. The van der Waals surface area contributed by atoms with Gasteiger partial charge in [0.25, 0.3) is 11.8 Å². The number of amides is 2. The third kappa shape index (κ3) is 9.54. The number of benzene rings is 4. The van der Waals surface area contributed by atoms with Crippen molar-refractivity contribution in [2.75, 3.05) is 32.6 Å². The summed E-state index contributed by atoms with van der Waals surface area (Å²) in [5.41, 5.74) is 1.93. The standard InChI is InChI=1S/C37H35F3N2O6/c1-24(43)47-20-19-28(26-9-5-4-6-10-26)23-48-34(44)22-25-13-18-33(32(21-25)36(46)42(2)3)41-35(45)31-12-8-7-11-30(31)27-14-16-29(17-15-27)37(38,39)40/h4-18,21,28H,19-20,22-23H2,1-3H3,(H,41,45). The highest BCUT2D eigenvalue weighted by atomic mass is 19.4. The van der Waals surface area contributed by atoms with Crippen LogP contribution >= 0.6 is 0 Å². The topological polar surface area (TPSA) is 102 Å². The Kier molecular flexibility index (Phi) is 11.7. The van der Waals surface area contributed by atoms with Crippen LogP contribution in [0.2, 0.25) is 0 Å². The number of hydrogen-bond acceptors (Lipinski definition) is 6. The molecule has 0 radical (unpaired) electrons. The molecule has 0 saturated heterocycles. The lowest BCUT2D eigenvalue weighted by molar-refractivity contribution is -0.145. The van der Waals surface area contributed by atoms with Crippen molar-refractivity contribution < 1.29 is 41.8 Å². The summed E-state index contributed by atoms with van der Waals surface area (Å²) in [6.07, 6.45) is -4.19. The Labute approximate surface area is 276 Å². The average molecular weight is 661 g/mol. The number of hydrogen-bond donors (Lipinski definition) is 1. The van der Waals surface area contributed by atoms with Gasteiger partial charge in [-0.05, 0) is 59.0 Å². The van der Waals surface area contributed by atoms with Crippen LogP contribution in [0, 0.1) is 0 Å². The van der Waals surface area contributed by atoms with Gasteiger partial charge in [-0.25, -0.2) is 0 Å². The predicted molar refractivity (Wildman–Crippen MR) is 174 cm³/mol. The van der Waals surface area contributed by atoms with Crippen LogP contribution in [0.5, 0.6) is 0 Å². The van der Waals surface area contributed by atoms with Crippen molar-refractivity contribution in [2.45, 2.75) is 31.9 Å². The van der Waals surface area contributed by atoms with Crippen molar-refractivity contribution in [2.24, 2.45) is 0 Å². The van der Waals surface area contributed by atoms with Gasteiger partial charge in [-0.15, -0.1) is 0 Å². The molecule has 0 spiro atoms. The SMILES string of the molecule is CC(=O)OCCC(COC(=O)Cc1ccc(NC(=O)c2ccccc2-c2ccc(C(F)(F)F)cc2)c(C(=O)N(C)C)c1)c1ccccc1. The number of nitrogens with one attached hydrogen (secondary N) is 1. The number of esters is 2. The Balaban J connectivity index is 1.51. The monoisotopic (exact) mass is 660 g/mol. The summed E-state index contributed by atoms with van der Waals surface area (Å²) in [7, 11) is 3.10. The fraction of sp³-hybridized carbons (Fsp3) is 0.243. The summed E-state index contributed by atoms with van der Waals surface area (Å²) < 4.78 is 50.0. The maximum atomic E-state index is 13.5. The summed E-state index contributed by atoms with van der Waals surface area (Å²) in [4.78, 5) is 52.1. The minimum absolute atomic E-state index is 0.0556. The van der Waals surface area contributed by atoms with Gasteiger partial charge < -0.3 is 19.7 Å². The van der Waals surface area contributed by atoms with Crippen molar-refractivity contribution in [1.82, 2.24) is 4.90 Å². The van der Waals surface area contributed by atoms with Crippen LogP contribution in [-0.4, -0.2) is 56.0 Å². The fourth-order valence-corrected chi connectivity index (χ4v) is 5.02. The van der Waals surface area contributed by atoms with E-state index in [2.05, 4.69) is 5.32 Å². The molecule has 0 aromatic heterocycles. The summed E-state index contributed by atoms with van der Waals surface area (Å²) in [5.74, 6) is -2.14. The Bertz CT molecular complexity index is 1760. The number of anilines is 1. The number of rotatable bonds is 12. The van der Waals surface area contributed by atoms with Crippen LogP contribution < -0.4 is 5.32 Å². The van der Waals surface area contributed by atoms with Crippen LogP contribution in [0.4, 0.5) is 18.9 Å². The van der Waals surface area contributed by atoms with E-state index in [-0.39, 0.29) is 42.4 Å². The molecule has 1 atom stereocenters. The van der Waals surface area contributed by atoms with Crippen molar-refractivity contribution in [1.29, 1.82) is 0 Å². The zero-order valence-corrected chi connectivity index (χ0v) is 26.7. The molecule has 11 heteroatoms. The predicted octanol–water partition coefficient (Wildman–Crippen LogP) is 7.15. The highest BCUT2D eigenvalue weighted by Gasteiger charge is 2.30. The minimum atomic E-state index is -4.50. The lowest BCUT2D eigenvalue weighted by Crippen LogP contribution is -2.24. The van der Waals surface area contributed by atoms with E-state index >= 15 is 0 Å². The summed E-state index contributed by atoms with van der Waals surface area (Å²) >= 11 is 0. The molecule has 0 fully saturated rings. The van der Waals surface area contributed by atoms with Crippen LogP contribution in [0.1, 0.15) is 56.7 Å². The quantitative estimate of drug-likeness (QED) is 0.162. The first-order valence-electron chi connectivity index (χ1n) is 15.1. The average Bonchev–Trinajstić information content (AvgIpc) is 3.06. The van der Waals surface area contributed by atoms with Gasteiger partial charge in [0, 0.05) is 32.5 Å². The third-order valence-electron chi connectivity index (χ3n) is 7.50.